The summed E-state index contributed by atoms with van der Waals surface area (Å²) < 4.78 is 43.6. The first-order valence-corrected chi connectivity index (χ1v) is 10.4. The van der Waals surface area contributed by atoms with Crippen molar-refractivity contribution in [1.82, 2.24) is 20.8 Å². The van der Waals surface area contributed by atoms with Gasteiger partial charge >= 0.3 is 6.18 Å². The molecule has 0 saturated carbocycles. The van der Waals surface area contributed by atoms with Crippen molar-refractivity contribution in [3.63, 3.8) is 0 Å². The number of rotatable bonds is 8. The lowest BCUT2D eigenvalue weighted by Gasteiger charge is -2.08. The molecule has 0 spiro atoms. The van der Waals surface area contributed by atoms with Crippen molar-refractivity contribution in [3.8, 4) is 0 Å². The minimum atomic E-state index is -4.54. The van der Waals surface area contributed by atoms with Gasteiger partial charge in [0.15, 0.2) is 0 Å². The van der Waals surface area contributed by atoms with E-state index in [0.717, 1.165) is 41.1 Å². The van der Waals surface area contributed by atoms with Crippen LogP contribution in [0.4, 0.5) is 13.2 Å². The van der Waals surface area contributed by atoms with Gasteiger partial charge in [0, 0.05) is 12.1 Å². The van der Waals surface area contributed by atoms with Gasteiger partial charge in [-0.05, 0) is 30.7 Å². The van der Waals surface area contributed by atoms with E-state index in [9.17, 15) is 22.8 Å². The second-order valence-corrected chi connectivity index (χ2v) is 7.70. The van der Waals surface area contributed by atoms with Gasteiger partial charge in [-0.2, -0.15) is 13.2 Å². The fourth-order valence-electron chi connectivity index (χ4n) is 2.55. The maximum absolute atomic E-state index is 12.8. The summed E-state index contributed by atoms with van der Waals surface area (Å²) in [6, 6.07) is 11.9. The lowest BCUT2D eigenvalue weighted by atomic mass is 10.1. The predicted molar refractivity (Wildman–Crippen MR) is 111 cm³/mol. The van der Waals surface area contributed by atoms with Crippen LogP contribution in [-0.2, 0) is 24.1 Å². The molecule has 168 valence electrons. The van der Waals surface area contributed by atoms with E-state index in [1.165, 1.54) is 6.07 Å². The van der Waals surface area contributed by atoms with Crippen LogP contribution in [0.3, 0.4) is 0 Å². The third-order valence-corrected chi connectivity index (χ3v) is 5.06. The highest BCUT2D eigenvalue weighted by Gasteiger charge is 2.30. The minimum absolute atomic E-state index is 0.0596. The molecule has 2 N–H and O–H groups in total. The molecule has 0 bridgehead atoms. The molecule has 3 rings (SSSR count). The Morgan fingerprint density at radius 2 is 1.78 bits per heavy atom. The van der Waals surface area contributed by atoms with E-state index < -0.39 is 17.6 Å². The molecule has 0 aliphatic carbocycles. The smallest absolute Gasteiger partial charge is 0.414 e. The quantitative estimate of drug-likeness (QED) is 0.493. The molecule has 7 nitrogen and oxygen atoms in total. The van der Waals surface area contributed by atoms with Crippen LogP contribution in [0.2, 0.25) is 0 Å². The van der Waals surface area contributed by atoms with Gasteiger partial charge in [0.2, 0.25) is 11.8 Å². The number of aromatic nitrogens is 2. The van der Waals surface area contributed by atoms with Crippen LogP contribution < -0.4 is 10.6 Å². The molecule has 0 fully saturated rings. The number of alkyl halides is 3. The molecule has 11 heteroatoms. The highest BCUT2D eigenvalue weighted by molar-refractivity contribution is 7.99. The topological polar surface area (TPSA) is 97.1 Å². The average Bonchev–Trinajstić information content (AvgIpc) is 3.23. The summed E-state index contributed by atoms with van der Waals surface area (Å²) in [4.78, 5) is 24.1. The van der Waals surface area contributed by atoms with Crippen LogP contribution in [0.1, 0.15) is 32.9 Å². The third kappa shape index (κ3) is 6.84. The normalized spacial score (nSPS) is 11.2. The van der Waals surface area contributed by atoms with Crippen molar-refractivity contribution in [3.05, 3.63) is 76.7 Å². The van der Waals surface area contributed by atoms with Gasteiger partial charge in [-0.3, -0.25) is 9.59 Å². The number of halogens is 3. The number of benzene rings is 2. The van der Waals surface area contributed by atoms with Gasteiger partial charge in [0.05, 0.1) is 17.9 Å². The van der Waals surface area contributed by atoms with E-state index >= 15 is 0 Å². The second-order valence-electron chi connectivity index (χ2n) is 6.77. The summed E-state index contributed by atoms with van der Waals surface area (Å²) in [6.07, 6.45) is -4.54. The minimum Gasteiger partial charge on any atom is -0.414 e. The molecule has 3 aromatic rings. The second kappa shape index (κ2) is 10.3. The molecule has 2 amide bonds. The fourth-order valence-corrected chi connectivity index (χ4v) is 3.16. The lowest BCUT2D eigenvalue weighted by Crippen LogP contribution is -2.24. The van der Waals surface area contributed by atoms with E-state index in [4.69, 9.17) is 4.42 Å². The zero-order chi connectivity index (χ0) is 23.1. The van der Waals surface area contributed by atoms with E-state index in [0.29, 0.717) is 6.54 Å². The molecule has 0 unspecified atom stereocenters. The SMILES string of the molecule is Cc1ccc(CNC(=O)CSc2nnc(CNC(=O)c3cccc(C(F)(F)F)c3)o2)cc1. The van der Waals surface area contributed by atoms with Gasteiger partial charge in [-0.1, -0.05) is 47.7 Å². The number of carbonyl (C=O) groups is 2. The van der Waals surface area contributed by atoms with Gasteiger partial charge in [-0.15, -0.1) is 10.2 Å². The molecular weight excluding hydrogens is 445 g/mol. The number of carbonyl (C=O) groups excluding carboxylic acids is 2. The zero-order valence-corrected chi connectivity index (χ0v) is 17.7. The predicted octanol–water partition coefficient (Wildman–Crippen LogP) is 3.74. The summed E-state index contributed by atoms with van der Waals surface area (Å²) in [5.74, 6) is -0.801. The van der Waals surface area contributed by atoms with Gasteiger partial charge < -0.3 is 15.1 Å². The monoisotopic (exact) mass is 464 g/mol. The van der Waals surface area contributed by atoms with Crippen molar-refractivity contribution in [2.45, 2.75) is 31.4 Å². The summed E-state index contributed by atoms with van der Waals surface area (Å²) in [6.45, 7) is 2.22. The Kier molecular flexibility index (Phi) is 7.52. The van der Waals surface area contributed by atoms with Crippen molar-refractivity contribution in [2.75, 3.05) is 5.75 Å². The van der Waals surface area contributed by atoms with Crippen LogP contribution in [0.25, 0.3) is 0 Å². The Bertz CT molecular complexity index is 1080. The van der Waals surface area contributed by atoms with E-state index in [2.05, 4.69) is 20.8 Å². The van der Waals surface area contributed by atoms with Crippen LogP contribution in [0, 0.1) is 6.92 Å². The highest BCUT2D eigenvalue weighted by atomic mass is 32.2. The molecule has 0 aliphatic heterocycles. The third-order valence-electron chi connectivity index (χ3n) is 4.24. The Morgan fingerprint density at radius 1 is 1.03 bits per heavy atom. The van der Waals surface area contributed by atoms with Crippen molar-refractivity contribution < 1.29 is 27.2 Å². The van der Waals surface area contributed by atoms with Crippen molar-refractivity contribution in [2.24, 2.45) is 0 Å². The molecule has 0 saturated heterocycles. The number of hydrogen-bond acceptors (Lipinski definition) is 6. The Labute approximate surface area is 185 Å². The summed E-state index contributed by atoms with van der Waals surface area (Å²) in [5.41, 5.74) is 1.06. The standard InChI is InChI=1S/C21H19F3N4O3S/c1-13-5-7-14(8-6-13)10-25-17(29)12-32-20-28-27-18(31-20)11-26-19(30)15-3-2-4-16(9-15)21(22,23)24/h2-9H,10-12H2,1H3,(H,25,29)(H,26,30). The first-order chi connectivity index (χ1) is 15.2. The van der Waals surface area contributed by atoms with Gasteiger partial charge in [0.25, 0.3) is 11.1 Å². The van der Waals surface area contributed by atoms with E-state index in [1.807, 2.05) is 31.2 Å². The molecule has 32 heavy (non-hydrogen) atoms. The first kappa shape index (κ1) is 23.3. The van der Waals surface area contributed by atoms with E-state index in [-0.39, 0.29) is 34.9 Å². The summed E-state index contributed by atoms with van der Waals surface area (Å²) in [7, 11) is 0. The molecule has 1 heterocycles. The largest absolute Gasteiger partial charge is 0.416 e. The van der Waals surface area contributed by atoms with E-state index in [1.54, 1.807) is 0 Å². The summed E-state index contributed by atoms with van der Waals surface area (Å²) in [5, 5.41) is 12.9. The van der Waals surface area contributed by atoms with Crippen molar-refractivity contribution in [1.29, 1.82) is 0 Å². The maximum atomic E-state index is 12.8. The van der Waals surface area contributed by atoms with Crippen molar-refractivity contribution >= 4 is 23.6 Å². The molecule has 0 aliphatic rings. The highest BCUT2D eigenvalue weighted by Crippen LogP contribution is 2.29. The number of nitrogens with zero attached hydrogens (tertiary/aromatic N) is 2. The molecular formula is C21H19F3N4O3S. The fraction of sp³-hybridized carbons (Fsp3) is 0.238. The maximum Gasteiger partial charge on any atom is 0.416 e. The van der Waals surface area contributed by atoms with Crippen LogP contribution in [0.15, 0.2) is 58.2 Å². The zero-order valence-electron chi connectivity index (χ0n) is 16.9. The Hall–Kier alpha value is -3.34. The molecule has 0 radical (unpaired) electrons. The van der Waals surface area contributed by atoms with Crippen LogP contribution in [-0.4, -0.2) is 27.8 Å². The molecule has 2 aromatic carbocycles. The summed E-state index contributed by atoms with van der Waals surface area (Å²) >= 11 is 1.03. The van der Waals surface area contributed by atoms with Gasteiger partial charge in [-0.25, -0.2) is 0 Å². The lowest BCUT2D eigenvalue weighted by molar-refractivity contribution is -0.137. The Morgan fingerprint density at radius 3 is 2.50 bits per heavy atom. The number of amides is 2. The molecule has 1 aromatic heterocycles. The number of hydrogen-bond donors (Lipinski definition) is 2. The first-order valence-electron chi connectivity index (χ1n) is 9.43. The van der Waals surface area contributed by atoms with Crippen LogP contribution >= 0.6 is 11.8 Å². The molecule has 0 atom stereocenters. The Balaban J connectivity index is 1.44. The number of aryl methyl sites for hydroxylation is 1. The number of thioether (sulfide) groups is 1. The van der Waals surface area contributed by atoms with Crippen LogP contribution in [0.5, 0.6) is 0 Å². The number of nitrogens with one attached hydrogen (secondary N) is 2. The average molecular weight is 464 g/mol. The van der Waals surface area contributed by atoms with Gasteiger partial charge in [0.1, 0.15) is 0 Å².